The highest BCUT2D eigenvalue weighted by molar-refractivity contribution is 6.11. The van der Waals surface area contributed by atoms with Crippen LogP contribution in [0.15, 0.2) is 54.6 Å². The van der Waals surface area contributed by atoms with Gasteiger partial charge in [-0.1, -0.05) is 48.5 Å². The lowest BCUT2D eigenvalue weighted by molar-refractivity contribution is 0.0851. The third kappa shape index (κ3) is 1.61. The second kappa shape index (κ2) is 4.13. The van der Waals surface area contributed by atoms with Crippen molar-refractivity contribution in [1.29, 1.82) is 0 Å². The van der Waals surface area contributed by atoms with E-state index in [2.05, 4.69) is 0 Å². The Bertz CT molecular complexity index is 632. The number of rotatable bonds is 1. The summed E-state index contributed by atoms with van der Waals surface area (Å²) in [5.41, 5.74) is 3.30. The average molecular weight is 236 g/mol. The highest BCUT2D eigenvalue weighted by Crippen LogP contribution is 2.31. The van der Waals surface area contributed by atoms with Crippen molar-refractivity contribution in [2.75, 3.05) is 0 Å². The van der Waals surface area contributed by atoms with E-state index < -0.39 is 0 Å². The fourth-order valence-electron chi connectivity index (χ4n) is 2.12. The second-order valence-corrected chi connectivity index (χ2v) is 4.16. The molecule has 1 heterocycles. The fraction of sp³-hybridized carbons (Fsp3) is 0. The Labute approximate surface area is 105 Å². The largest absolute Gasteiger partial charge is 0.273 e. The molecule has 1 aliphatic heterocycles. The van der Waals surface area contributed by atoms with Gasteiger partial charge in [-0.15, -0.1) is 0 Å². The van der Waals surface area contributed by atoms with E-state index in [0.29, 0.717) is 5.56 Å². The predicted molar refractivity (Wildman–Crippen MR) is 71.1 cm³/mol. The summed E-state index contributed by atoms with van der Waals surface area (Å²) in [5, 5.41) is 1.21. The van der Waals surface area contributed by atoms with Crippen LogP contribution in [0.5, 0.6) is 0 Å². The van der Waals surface area contributed by atoms with Gasteiger partial charge < -0.3 is 0 Å². The Morgan fingerprint density at radius 2 is 1.50 bits per heavy atom. The molecule has 0 saturated carbocycles. The predicted octanol–water partition coefficient (Wildman–Crippen LogP) is 2.51. The van der Waals surface area contributed by atoms with Gasteiger partial charge in [0.25, 0.3) is 5.91 Å². The van der Waals surface area contributed by atoms with Gasteiger partial charge in [-0.05, 0) is 17.7 Å². The molecule has 88 valence electrons. The van der Waals surface area contributed by atoms with E-state index in [1.54, 1.807) is 6.07 Å². The maximum atomic E-state index is 12.0. The molecule has 18 heavy (non-hydrogen) atoms. The number of fused-ring (bicyclic) bond motifs is 1. The Morgan fingerprint density at radius 1 is 0.889 bits per heavy atom. The molecule has 0 aliphatic carbocycles. The molecule has 2 aromatic rings. The smallest absolute Gasteiger partial charge is 0.267 e. The summed E-state index contributed by atoms with van der Waals surface area (Å²) in [5.74, 6) is 5.68. The van der Waals surface area contributed by atoms with Crippen LogP contribution >= 0.6 is 0 Å². The number of carbonyl (C=O) groups is 1. The molecule has 0 unspecified atom stereocenters. The molecular formula is C15H12N2O. The molecule has 0 aromatic heterocycles. The van der Waals surface area contributed by atoms with Crippen molar-refractivity contribution in [3.63, 3.8) is 0 Å². The maximum Gasteiger partial charge on any atom is 0.273 e. The number of benzene rings is 2. The summed E-state index contributed by atoms with van der Waals surface area (Å²) >= 11 is 0. The molecule has 3 rings (SSSR count). The number of hydrogen-bond donors (Lipinski definition) is 1. The molecule has 1 aliphatic rings. The molecule has 3 heteroatoms. The number of hydrogen-bond acceptors (Lipinski definition) is 2. The number of nitrogens with zero attached hydrogens (tertiary/aromatic N) is 1. The third-order valence-corrected chi connectivity index (χ3v) is 3.01. The summed E-state index contributed by atoms with van der Waals surface area (Å²) < 4.78 is 0. The molecule has 0 saturated heterocycles. The molecular weight excluding hydrogens is 224 g/mol. The van der Waals surface area contributed by atoms with Crippen LogP contribution in [0.1, 0.15) is 21.5 Å². The lowest BCUT2D eigenvalue weighted by atomic mass is 10.1. The van der Waals surface area contributed by atoms with Gasteiger partial charge >= 0.3 is 0 Å². The van der Waals surface area contributed by atoms with Crippen molar-refractivity contribution in [2.45, 2.75) is 0 Å². The summed E-state index contributed by atoms with van der Waals surface area (Å²) in [6.07, 6.45) is 1.92. The molecule has 2 aromatic carbocycles. The van der Waals surface area contributed by atoms with Gasteiger partial charge in [0, 0.05) is 5.56 Å². The highest BCUT2D eigenvalue weighted by Gasteiger charge is 2.29. The molecule has 3 nitrogen and oxygen atoms in total. The van der Waals surface area contributed by atoms with Crippen molar-refractivity contribution < 1.29 is 4.79 Å². The number of hydrazine groups is 1. The van der Waals surface area contributed by atoms with Crippen LogP contribution in [0.25, 0.3) is 11.8 Å². The number of carbonyl (C=O) groups excluding carboxylic acids is 1. The SMILES string of the molecule is NN1C(=O)c2ccccc2C1=Cc1ccccc1. The van der Waals surface area contributed by atoms with Crippen LogP contribution in [0.2, 0.25) is 0 Å². The minimum Gasteiger partial charge on any atom is -0.267 e. The normalized spacial score (nSPS) is 16.2. The van der Waals surface area contributed by atoms with Crippen LogP contribution < -0.4 is 5.84 Å². The van der Waals surface area contributed by atoms with Crippen LogP contribution in [0, 0.1) is 0 Å². The standard InChI is InChI=1S/C15H12N2O/c16-17-14(10-11-6-2-1-3-7-11)12-8-4-5-9-13(12)15(17)18/h1-10H,16H2. The third-order valence-electron chi connectivity index (χ3n) is 3.01. The molecule has 0 spiro atoms. The lowest BCUT2D eigenvalue weighted by Crippen LogP contribution is -2.30. The first-order valence-electron chi connectivity index (χ1n) is 5.72. The first-order chi connectivity index (χ1) is 8.77. The number of nitrogens with two attached hydrogens (primary N) is 1. The Morgan fingerprint density at radius 3 is 2.22 bits per heavy atom. The zero-order valence-corrected chi connectivity index (χ0v) is 9.71. The van der Waals surface area contributed by atoms with E-state index in [0.717, 1.165) is 16.8 Å². The van der Waals surface area contributed by atoms with Gasteiger partial charge in [0.15, 0.2) is 0 Å². The van der Waals surface area contributed by atoms with Crippen molar-refractivity contribution >= 4 is 17.7 Å². The highest BCUT2D eigenvalue weighted by atomic mass is 16.2. The lowest BCUT2D eigenvalue weighted by Gasteiger charge is -2.10. The molecule has 2 N–H and O–H groups in total. The molecule has 0 atom stereocenters. The zero-order valence-electron chi connectivity index (χ0n) is 9.71. The molecule has 0 fully saturated rings. The Kier molecular flexibility index (Phi) is 2.46. The van der Waals surface area contributed by atoms with Crippen LogP contribution in [-0.2, 0) is 0 Å². The second-order valence-electron chi connectivity index (χ2n) is 4.16. The maximum absolute atomic E-state index is 12.0. The van der Waals surface area contributed by atoms with Crippen molar-refractivity contribution in [3.05, 3.63) is 71.3 Å². The van der Waals surface area contributed by atoms with Crippen LogP contribution in [-0.4, -0.2) is 10.9 Å². The Hall–Kier alpha value is -2.39. The molecule has 0 radical (unpaired) electrons. The van der Waals surface area contributed by atoms with E-state index in [9.17, 15) is 4.79 Å². The first-order valence-corrected chi connectivity index (χ1v) is 5.72. The van der Waals surface area contributed by atoms with Gasteiger partial charge in [0.05, 0.1) is 11.3 Å². The zero-order chi connectivity index (χ0) is 12.5. The van der Waals surface area contributed by atoms with Gasteiger partial charge in [0.2, 0.25) is 0 Å². The van der Waals surface area contributed by atoms with Gasteiger partial charge in [0.1, 0.15) is 0 Å². The van der Waals surface area contributed by atoms with Crippen molar-refractivity contribution in [2.24, 2.45) is 5.84 Å². The van der Waals surface area contributed by atoms with E-state index in [4.69, 9.17) is 5.84 Å². The quantitative estimate of drug-likeness (QED) is 0.611. The van der Waals surface area contributed by atoms with E-state index in [-0.39, 0.29) is 5.91 Å². The minimum atomic E-state index is -0.159. The summed E-state index contributed by atoms with van der Waals surface area (Å²) in [6, 6.07) is 17.3. The van der Waals surface area contributed by atoms with E-state index in [1.165, 1.54) is 5.01 Å². The van der Waals surface area contributed by atoms with Crippen LogP contribution in [0.3, 0.4) is 0 Å². The van der Waals surface area contributed by atoms with Gasteiger partial charge in [-0.2, -0.15) is 0 Å². The van der Waals surface area contributed by atoms with Gasteiger partial charge in [-0.3, -0.25) is 4.79 Å². The number of amides is 1. The van der Waals surface area contributed by atoms with Gasteiger partial charge in [-0.25, -0.2) is 10.9 Å². The van der Waals surface area contributed by atoms with Crippen molar-refractivity contribution in [3.8, 4) is 0 Å². The molecule has 1 amide bonds. The van der Waals surface area contributed by atoms with E-state index in [1.807, 2.05) is 54.6 Å². The minimum absolute atomic E-state index is 0.159. The first kappa shape index (κ1) is 10.7. The fourth-order valence-corrected chi connectivity index (χ4v) is 2.12. The monoisotopic (exact) mass is 236 g/mol. The van der Waals surface area contributed by atoms with Crippen molar-refractivity contribution in [1.82, 2.24) is 5.01 Å². The summed E-state index contributed by atoms with van der Waals surface area (Å²) in [4.78, 5) is 12.0. The molecule has 0 bridgehead atoms. The van der Waals surface area contributed by atoms with Crippen LogP contribution in [0.4, 0.5) is 0 Å². The topological polar surface area (TPSA) is 46.3 Å². The summed E-state index contributed by atoms with van der Waals surface area (Å²) in [7, 11) is 0. The summed E-state index contributed by atoms with van der Waals surface area (Å²) in [6.45, 7) is 0. The average Bonchev–Trinajstić information content (AvgIpc) is 2.66. The van der Waals surface area contributed by atoms with E-state index >= 15 is 0 Å². The Balaban J connectivity index is 2.14.